The van der Waals surface area contributed by atoms with Gasteiger partial charge in [-0.25, -0.2) is 0 Å². The number of hydrogen-bond acceptors (Lipinski definition) is 3. The van der Waals surface area contributed by atoms with Crippen molar-refractivity contribution in [1.29, 1.82) is 0 Å². The summed E-state index contributed by atoms with van der Waals surface area (Å²) in [5.74, 6) is 0.854. The maximum atomic E-state index is 11.6. The number of rotatable bonds is 3. The third-order valence-electron chi connectivity index (χ3n) is 4.91. The fourth-order valence-electron chi connectivity index (χ4n) is 3.91. The molecule has 0 aromatic heterocycles. The van der Waals surface area contributed by atoms with Crippen LogP contribution in [0.25, 0.3) is 0 Å². The molecule has 1 heterocycles. The van der Waals surface area contributed by atoms with E-state index in [0.717, 1.165) is 19.3 Å². The van der Waals surface area contributed by atoms with Gasteiger partial charge in [-0.15, -0.1) is 0 Å². The first-order valence-corrected chi connectivity index (χ1v) is 6.64. The van der Waals surface area contributed by atoms with E-state index in [1.165, 1.54) is 0 Å². The first kappa shape index (κ1) is 12.9. The Morgan fingerprint density at radius 1 is 1.35 bits per heavy atom. The van der Waals surface area contributed by atoms with Crippen LogP contribution in [0.3, 0.4) is 0 Å². The molecule has 0 aromatic carbocycles. The lowest BCUT2D eigenvalue weighted by Gasteiger charge is -2.56. The van der Waals surface area contributed by atoms with E-state index in [4.69, 9.17) is 4.74 Å². The highest BCUT2D eigenvalue weighted by Gasteiger charge is 2.58. The molecule has 4 atom stereocenters. The Hall–Kier alpha value is -0.570. The molecule has 17 heavy (non-hydrogen) atoms. The van der Waals surface area contributed by atoms with Crippen molar-refractivity contribution in [2.45, 2.75) is 52.6 Å². The minimum Gasteiger partial charge on any atom is -0.459 e. The summed E-state index contributed by atoms with van der Waals surface area (Å²) < 4.78 is 5.61. The summed E-state index contributed by atoms with van der Waals surface area (Å²) in [5, 5.41) is 9.17. The van der Waals surface area contributed by atoms with Gasteiger partial charge in [-0.1, -0.05) is 20.8 Å². The van der Waals surface area contributed by atoms with Crippen molar-refractivity contribution in [3.63, 3.8) is 0 Å². The summed E-state index contributed by atoms with van der Waals surface area (Å²) >= 11 is 0. The first-order valence-electron chi connectivity index (χ1n) is 6.64. The molecule has 1 saturated carbocycles. The van der Waals surface area contributed by atoms with Crippen LogP contribution in [-0.4, -0.2) is 23.3 Å². The smallest absolute Gasteiger partial charge is 0.309 e. The standard InChI is InChI=1S/C14H24O3/c1-9-7-14(4,17-12(9)16)11-8-13(2,3)10(11)5-6-15/h9-11,15H,5-8H2,1-4H3/t9?,10-,11+,14+/m1/s1. The summed E-state index contributed by atoms with van der Waals surface area (Å²) in [6, 6.07) is 0. The summed E-state index contributed by atoms with van der Waals surface area (Å²) in [5.41, 5.74) is -0.0273. The number of ether oxygens (including phenoxy) is 1. The number of carbonyl (C=O) groups is 1. The van der Waals surface area contributed by atoms with Crippen LogP contribution in [0, 0.1) is 23.2 Å². The van der Waals surface area contributed by atoms with E-state index >= 15 is 0 Å². The maximum Gasteiger partial charge on any atom is 0.309 e. The van der Waals surface area contributed by atoms with E-state index in [9.17, 15) is 9.90 Å². The molecular formula is C14H24O3. The molecule has 0 radical (unpaired) electrons. The average molecular weight is 240 g/mol. The normalized spacial score (nSPS) is 44.3. The summed E-state index contributed by atoms with van der Waals surface area (Å²) in [4.78, 5) is 11.6. The van der Waals surface area contributed by atoms with E-state index in [1.807, 2.05) is 6.92 Å². The van der Waals surface area contributed by atoms with Crippen LogP contribution in [0.1, 0.15) is 47.0 Å². The van der Waals surface area contributed by atoms with Gasteiger partial charge in [0.05, 0.1) is 5.92 Å². The number of carbonyl (C=O) groups excluding carboxylic acids is 1. The molecule has 98 valence electrons. The second-order valence-electron chi connectivity index (χ2n) is 6.76. The number of esters is 1. The van der Waals surface area contributed by atoms with Crippen molar-refractivity contribution in [2.75, 3.05) is 6.61 Å². The van der Waals surface area contributed by atoms with Crippen LogP contribution in [0.5, 0.6) is 0 Å². The summed E-state index contributed by atoms with van der Waals surface area (Å²) in [6.45, 7) is 8.72. The summed E-state index contributed by atoms with van der Waals surface area (Å²) in [7, 11) is 0. The number of aliphatic hydroxyl groups is 1. The predicted octanol–water partition coefficient (Wildman–Crippen LogP) is 2.37. The van der Waals surface area contributed by atoms with Crippen molar-refractivity contribution >= 4 is 5.97 Å². The zero-order valence-corrected chi connectivity index (χ0v) is 11.3. The van der Waals surface area contributed by atoms with Crippen LogP contribution in [0.2, 0.25) is 0 Å². The van der Waals surface area contributed by atoms with Crippen LogP contribution < -0.4 is 0 Å². The predicted molar refractivity (Wildman–Crippen MR) is 65.4 cm³/mol. The van der Waals surface area contributed by atoms with Gasteiger partial charge >= 0.3 is 5.97 Å². The highest BCUT2D eigenvalue weighted by atomic mass is 16.6. The molecule has 2 aliphatic rings. The Labute approximate surface area is 104 Å². The van der Waals surface area contributed by atoms with E-state index in [0.29, 0.717) is 11.8 Å². The molecule has 1 aliphatic heterocycles. The van der Waals surface area contributed by atoms with Gasteiger partial charge in [-0.3, -0.25) is 4.79 Å². The van der Waals surface area contributed by atoms with Crippen LogP contribution in [-0.2, 0) is 9.53 Å². The van der Waals surface area contributed by atoms with Gasteiger partial charge in [0.25, 0.3) is 0 Å². The van der Waals surface area contributed by atoms with Gasteiger partial charge < -0.3 is 9.84 Å². The van der Waals surface area contributed by atoms with E-state index in [2.05, 4.69) is 20.8 Å². The molecule has 3 nitrogen and oxygen atoms in total. The molecule has 2 fully saturated rings. The van der Waals surface area contributed by atoms with Gasteiger partial charge in [0.15, 0.2) is 0 Å². The molecule has 0 aromatic rings. The lowest BCUT2D eigenvalue weighted by molar-refractivity contribution is -0.173. The van der Waals surface area contributed by atoms with Gasteiger partial charge in [0, 0.05) is 18.9 Å². The van der Waals surface area contributed by atoms with Crippen LogP contribution in [0.15, 0.2) is 0 Å². The van der Waals surface area contributed by atoms with Gasteiger partial charge in [-0.2, -0.15) is 0 Å². The number of cyclic esters (lactones) is 1. The highest BCUT2D eigenvalue weighted by Crippen LogP contribution is 2.59. The Kier molecular flexibility index (Phi) is 3.01. The van der Waals surface area contributed by atoms with Crippen molar-refractivity contribution in [2.24, 2.45) is 23.2 Å². The Bertz CT molecular complexity index is 323. The van der Waals surface area contributed by atoms with Gasteiger partial charge in [0.1, 0.15) is 5.60 Å². The number of hydrogen-bond donors (Lipinski definition) is 1. The SMILES string of the molecule is CC1C[C@@](C)([C@H]2CC(C)(C)[C@@H]2CCO)OC1=O. The lowest BCUT2D eigenvalue weighted by atomic mass is 9.50. The molecule has 3 heteroatoms. The third-order valence-corrected chi connectivity index (χ3v) is 4.91. The third kappa shape index (κ3) is 1.99. The van der Waals surface area contributed by atoms with Crippen molar-refractivity contribution in [3.8, 4) is 0 Å². The number of aliphatic hydroxyl groups excluding tert-OH is 1. The van der Waals surface area contributed by atoms with E-state index in [-0.39, 0.29) is 29.5 Å². The Morgan fingerprint density at radius 3 is 2.41 bits per heavy atom. The van der Waals surface area contributed by atoms with Crippen LogP contribution >= 0.6 is 0 Å². The molecule has 2 rings (SSSR count). The van der Waals surface area contributed by atoms with Gasteiger partial charge in [-0.05, 0) is 31.1 Å². The second kappa shape index (κ2) is 3.98. The highest BCUT2D eigenvalue weighted by molar-refractivity contribution is 5.74. The second-order valence-corrected chi connectivity index (χ2v) is 6.76. The quantitative estimate of drug-likeness (QED) is 0.770. The molecule has 1 saturated heterocycles. The minimum absolute atomic E-state index is 0.0264. The maximum absolute atomic E-state index is 11.6. The zero-order valence-electron chi connectivity index (χ0n) is 11.3. The van der Waals surface area contributed by atoms with Crippen molar-refractivity contribution in [1.82, 2.24) is 0 Å². The fourth-order valence-corrected chi connectivity index (χ4v) is 3.91. The first-order chi connectivity index (χ1) is 7.80. The minimum atomic E-state index is -0.300. The average Bonchev–Trinajstić information content (AvgIpc) is 2.47. The molecule has 1 unspecified atom stereocenters. The molecule has 0 spiro atoms. The van der Waals surface area contributed by atoms with Gasteiger partial charge in [0.2, 0.25) is 0 Å². The Balaban J connectivity index is 2.11. The molecule has 0 amide bonds. The van der Waals surface area contributed by atoms with Crippen molar-refractivity contribution < 1.29 is 14.6 Å². The summed E-state index contributed by atoms with van der Waals surface area (Å²) in [6.07, 6.45) is 2.74. The largest absolute Gasteiger partial charge is 0.459 e. The van der Waals surface area contributed by atoms with E-state index < -0.39 is 0 Å². The Morgan fingerprint density at radius 2 is 2.00 bits per heavy atom. The molecule has 1 N–H and O–H groups in total. The lowest BCUT2D eigenvalue weighted by Crippen LogP contribution is -2.54. The topological polar surface area (TPSA) is 46.5 Å². The van der Waals surface area contributed by atoms with Crippen LogP contribution in [0.4, 0.5) is 0 Å². The van der Waals surface area contributed by atoms with E-state index in [1.54, 1.807) is 0 Å². The monoisotopic (exact) mass is 240 g/mol. The fraction of sp³-hybridized carbons (Fsp3) is 0.929. The zero-order chi connectivity index (χ0) is 12.8. The molecule has 0 bridgehead atoms. The molecule has 1 aliphatic carbocycles. The van der Waals surface area contributed by atoms with Crippen molar-refractivity contribution in [3.05, 3.63) is 0 Å². The molecular weight excluding hydrogens is 216 g/mol.